The number of hydrogen-bond donors (Lipinski definition) is 2. The number of benzene rings is 1. The smallest absolute Gasteiger partial charge is 0.258 e. The molecule has 1 aliphatic heterocycles. The zero-order valence-electron chi connectivity index (χ0n) is 17.8. The molecule has 0 atom stereocenters. The third kappa shape index (κ3) is 5.76. The molecule has 1 aromatic carbocycles. The van der Waals surface area contributed by atoms with E-state index in [1.54, 1.807) is 7.11 Å². The molecule has 1 fully saturated rings. The van der Waals surface area contributed by atoms with Gasteiger partial charge in [0.2, 0.25) is 11.2 Å². The molecule has 1 aromatic heterocycles. The lowest BCUT2D eigenvalue weighted by Gasteiger charge is -2.34. The first-order valence-electron chi connectivity index (χ1n) is 10.2. The first kappa shape index (κ1) is 21.7. The molecule has 0 aliphatic carbocycles. The average molecular weight is 416 g/mol. The van der Waals surface area contributed by atoms with Gasteiger partial charge < -0.3 is 29.0 Å². The van der Waals surface area contributed by atoms with Gasteiger partial charge in [-0.25, -0.2) is 0 Å². The van der Waals surface area contributed by atoms with E-state index in [9.17, 15) is 9.59 Å². The van der Waals surface area contributed by atoms with Crippen LogP contribution in [0.4, 0.5) is 5.69 Å². The molecule has 30 heavy (non-hydrogen) atoms. The summed E-state index contributed by atoms with van der Waals surface area (Å²) >= 11 is 0. The summed E-state index contributed by atoms with van der Waals surface area (Å²) in [6.45, 7) is 7.78. The number of carbonyl (C=O) groups is 1. The van der Waals surface area contributed by atoms with Crippen molar-refractivity contribution in [1.29, 1.82) is 0 Å². The fraction of sp³-hybridized carbons (Fsp3) is 0.455. The summed E-state index contributed by atoms with van der Waals surface area (Å²) in [6, 6.07) is 9.50. The van der Waals surface area contributed by atoms with E-state index in [1.807, 2.05) is 32.0 Å². The van der Waals surface area contributed by atoms with Crippen LogP contribution in [0.5, 0.6) is 11.5 Å². The van der Waals surface area contributed by atoms with Crippen molar-refractivity contribution in [2.45, 2.75) is 26.4 Å². The molecule has 8 heteroatoms. The molecule has 8 nitrogen and oxygen atoms in total. The molecular formula is C22H30N3O5+. The Kier molecular flexibility index (Phi) is 7.35. The van der Waals surface area contributed by atoms with Crippen LogP contribution in [0.3, 0.4) is 0 Å². The van der Waals surface area contributed by atoms with Crippen molar-refractivity contribution < 1.29 is 23.6 Å². The van der Waals surface area contributed by atoms with Gasteiger partial charge in [0.1, 0.15) is 18.6 Å². The minimum absolute atomic E-state index is 0.0197. The van der Waals surface area contributed by atoms with Gasteiger partial charge in [0.25, 0.3) is 5.91 Å². The van der Waals surface area contributed by atoms with Gasteiger partial charge in [0.05, 0.1) is 39.0 Å². The van der Waals surface area contributed by atoms with E-state index in [4.69, 9.17) is 13.9 Å². The zero-order chi connectivity index (χ0) is 21.5. The Morgan fingerprint density at radius 2 is 1.97 bits per heavy atom. The van der Waals surface area contributed by atoms with Crippen LogP contribution in [0.2, 0.25) is 0 Å². The Morgan fingerprint density at radius 3 is 2.63 bits per heavy atom. The van der Waals surface area contributed by atoms with Crippen LogP contribution in [-0.2, 0) is 11.3 Å². The molecule has 2 heterocycles. The first-order chi connectivity index (χ1) is 14.5. The number of carbonyl (C=O) groups excluding carboxylic acids is 1. The second-order valence-corrected chi connectivity index (χ2v) is 7.67. The van der Waals surface area contributed by atoms with E-state index in [1.165, 1.54) is 17.2 Å². The summed E-state index contributed by atoms with van der Waals surface area (Å²) < 4.78 is 16.3. The van der Waals surface area contributed by atoms with Crippen LogP contribution in [0.15, 0.2) is 45.8 Å². The maximum atomic E-state index is 12.3. The second-order valence-electron chi connectivity index (χ2n) is 7.67. The number of anilines is 1. The van der Waals surface area contributed by atoms with Crippen LogP contribution >= 0.6 is 0 Å². The molecule has 162 valence electrons. The quantitative estimate of drug-likeness (QED) is 0.650. The van der Waals surface area contributed by atoms with Crippen molar-refractivity contribution in [1.82, 2.24) is 5.32 Å². The van der Waals surface area contributed by atoms with Gasteiger partial charge in [0.15, 0.2) is 12.4 Å². The van der Waals surface area contributed by atoms with E-state index in [0.29, 0.717) is 12.3 Å². The van der Waals surface area contributed by atoms with Crippen molar-refractivity contribution in [3.05, 3.63) is 52.6 Å². The number of hydrogen-bond acceptors (Lipinski definition) is 6. The monoisotopic (exact) mass is 416 g/mol. The minimum atomic E-state index is -0.277. The van der Waals surface area contributed by atoms with Crippen LogP contribution in [0, 0.1) is 0 Å². The second kappa shape index (κ2) is 10.2. The van der Waals surface area contributed by atoms with Crippen LogP contribution in [0.25, 0.3) is 0 Å². The molecule has 0 saturated carbocycles. The number of rotatable bonds is 8. The molecule has 2 aromatic rings. The highest BCUT2D eigenvalue weighted by Gasteiger charge is 2.23. The predicted molar refractivity (Wildman–Crippen MR) is 113 cm³/mol. The topological polar surface area (TPSA) is 85.5 Å². The van der Waals surface area contributed by atoms with Gasteiger partial charge in [-0.05, 0) is 26.0 Å². The number of para-hydroxylation sites is 2. The average Bonchev–Trinajstić information content (AvgIpc) is 2.73. The van der Waals surface area contributed by atoms with Gasteiger partial charge in [0, 0.05) is 12.1 Å². The van der Waals surface area contributed by atoms with Crippen molar-refractivity contribution in [2.24, 2.45) is 0 Å². The van der Waals surface area contributed by atoms with Gasteiger partial charge in [-0.2, -0.15) is 0 Å². The minimum Gasteiger partial charge on any atom is -0.495 e. The molecule has 1 amide bonds. The summed E-state index contributed by atoms with van der Waals surface area (Å²) in [4.78, 5) is 27.6. The molecule has 1 aliphatic rings. The number of nitrogens with zero attached hydrogens (tertiary/aromatic N) is 1. The van der Waals surface area contributed by atoms with Crippen molar-refractivity contribution in [2.75, 3.05) is 44.8 Å². The highest BCUT2D eigenvalue weighted by Crippen LogP contribution is 2.27. The molecule has 3 rings (SSSR count). The largest absolute Gasteiger partial charge is 0.495 e. The Bertz CT molecular complexity index is 904. The normalized spacial score (nSPS) is 14.6. The number of amides is 1. The summed E-state index contributed by atoms with van der Waals surface area (Å²) in [6.07, 6.45) is 1.30. The van der Waals surface area contributed by atoms with E-state index in [0.717, 1.165) is 37.6 Å². The van der Waals surface area contributed by atoms with E-state index in [-0.39, 0.29) is 29.7 Å². The van der Waals surface area contributed by atoms with Crippen LogP contribution < -0.4 is 30.0 Å². The summed E-state index contributed by atoms with van der Waals surface area (Å²) in [7, 11) is 1.69. The summed E-state index contributed by atoms with van der Waals surface area (Å²) in [5, 5.41) is 2.71. The van der Waals surface area contributed by atoms with Crippen molar-refractivity contribution >= 4 is 11.6 Å². The van der Waals surface area contributed by atoms with Crippen LogP contribution in [-0.4, -0.2) is 51.8 Å². The van der Waals surface area contributed by atoms with Crippen molar-refractivity contribution in [3.63, 3.8) is 0 Å². The lowest BCUT2D eigenvalue weighted by molar-refractivity contribution is -0.915. The highest BCUT2D eigenvalue weighted by molar-refractivity contribution is 5.77. The third-order valence-corrected chi connectivity index (χ3v) is 4.98. The maximum Gasteiger partial charge on any atom is 0.258 e. The highest BCUT2D eigenvalue weighted by atomic mass is 16.5. The number of methoxy groups -OCH3 is 1. The maximum absolute atomic E-state index is 12.3. The first-order valence-corrected chi connectivity index (χ1v) is 10.2. The van der Waals surface area contributed by atoms with Gasteiger partial charge in [-0.3, -0.25) is 9.59 Å². The van der Waals surface area contributed by atoms with Gasteiger partial charge in [-0.1, -0.05) is 12.1 Å². The Labute approximate surface area is 176 Å². The molecule has 0 unspecified atom stereocenters. The third-order valence-electron chi connectivity index (χ3n) is 4.98. The van der Waals surface area contributed by atoms with E-state index in [2.05, 4.69) is 16.3 Å². The lowest BCUT2D eigenvalue weighted by Crippen LogP contribution is -3.13. The summed E-state index contributed by atoms with van der Waals surface area (Å²) in [5.41, 5.74) is 0.828. The molecule has 2 N–H and O–H groups in total. The van der Waals surface area contributed by atoms with Crippen molar-refractivity contribution in [3.8, 4) is 11.5 Å². The molecule has 0 bridgehead atoms. The molecule has 1 saturated heterocycles. The Balaban J connectivity index is 1.52. The SMILES string of the molecule is COc1ccccc1N1CC[NH+](Cc2cc(=O)c(OCC(=O)NC(C)C)co2)CC1. The fourth-order valence-electron chi connectivity index (χ4n) is 3.52. The molecule has 0 radical (unpaired) electrons. The summed E-state index contributed by atoms with van der Waals surface area (Å²) in [5.74, 6) is 1.27. The lowest BCUT2D eigenvalue weighted by atomic mass is 10.2. The number of piperazine rings is 1. The van der Waals surface area contributed by atoms with Gasteiger partial charge in [-0.15, -0.1) is 0 Å². The molecular weight excluding hydrogens is 386 g/mol. The number of nitrogens with one attached hydrogen (secondary N) is 2. The van der Waals surface area contributed by atoms with E-state index < -0.39 is 0 Å². The number of quaternary nitrogens is 1. The fourth-order valence-corrected chi connectivity index (χ4v) is 3.52. The Hall–Kier alpha value is -3.00. The van der Waals surface area contributed by atoms with Crippen LogP contribution in [0.1, 0.15) is 19.6 Å². The van der Waals surface area contributed by atoms with E-state index >= 15 is 0 Å². The standard InChI is InChI=1S/C22H29N3O5/c1-16(2)23-22(27)15-30-21-14-29-17(12-19(21)26)13-24-8-10-25(11-9-24)18-6-4-5-7-20(18)28-3/h4-7,12,14,16H,8-11,13,15H2,1-3H3,(H,23,27)/p+1. The van der Waals surface area contributed by atoms with Gasteiger partial charge >= 0.3 is 0 Å². The molecule has 0 spiro atoms. The number of ether oxygens (including phenoxy) is 2. The predicted octanol–water partition coefficient (Wildman–Crippen LogP) is 0.457. The Morgan fingerprint density at radius 1 is 1.23 bits per heavy atom. The zero-order valence-corrected chi connectivity index (χ0v) is 17.8.